The first-order valence-electron chi connectivity index (χ1n) is 10.1. The van der Waals surface area contributed by atoms with Crippen molar-refractivity contribution in [2.75, 3.05) is 62.3 Å². The molecule has 0 bridgehead atoms. The van der Waals surface area contributed by atoms with E-state index in [1.807, 2.05) is 18.2 Å². The van der Waals surface area contributed by atoms with Crippen LogP contribution >= 0.6 is 0 Å². The van der Waals surface area contributed by atoms with Crippen LogP contribution in [0.4, 0.5) is 11.5 Å². The number of aryl methyl sites for hydroxylation is 1. The molecule has 8 nitrogen and oxygen atoms in total. The van der Waals surface area contributed by atoms with Crippen LogP contribution in [0.1, 0.15) is 12.5 Å². The summed E-state index contributed by atoms with van der Waals surface area (Å²) in [5.41, 5.74) is 2.16. The van der Waals surface area contributed by atoms with Gasteiger partial charge in [0.05, 0.1) is 30.0 Å². The van der Waals surface area contributed by atoms with E-state index in [1.165, 1.54) is 0 Å². The Morgan fingerprint density at radius 3 is 2.31 bits per heavy atom. The quantitative estimate of drug-likeness (QED) is 0.727. The molecule has 9 heteroatoms. The summed E-state index contributed by atoms with van der Waals surface area (Å²) in [6.07, 6.45) is 2.67. The predicted octanol–water partition coefficient (Wildman–Crippen LogP) is 1.39. The molecule has 0 N–H and O–H groups in total. The largest absolute Gasteiger partial charge is 0.378 e. The van der Waals surface area contributed by atoms with Gasteiger partial charge >= 0.3 is 0 Å². The number of benzene rings is 1. The first-order valence-corrected chi connectivity index (χ1v) is 11.5. The molecule has 0 aliphatic carbocycles. The molecule has 0 atom stereocenters. The van der Waals surface area contributed by atoms with E-state index in [0.29, 0.717) is 44.3 Å². The van der Waals surface area contributed by atoms with Crippen molar-refractivity contribution in [2.24, 2.45) is 0 Å². The minimum absolute atomic E-state index is 0.359. The van der Waals surface area contributed by atoms with Gasteiger partial charge in [-0.25, -0.2) is 8.42 Å². The Hall–Kier alpha value is -2.23. The Morgan fingerprint density at radius 2 is 1.66 bits per heavy atom. The fourth-order valence-corrected chi connectivity index (χ4v) is 5.12. The van der Waals surface area contributed by atoms with Crippen molar-refractivity contribution in [1.29, 1.82) is 0 Å². The summed E-state index contributed by atoms with van der Waals surface area (Å²) >= 11 is 0. The van der Waals surface area contributed by atoms with Crippen molar-refractivity contribution in [3.05, 3.63) is 42.1 Å². The number of hydrogen-bond donors (Lipinski definition) is 0. The Labute approximate surface area is 172 Å². The Bertz CT molecular complexity index is 921. The smallest absolute Gasteiger partial charge is 0.243 e. The molecule has 2 aromatic rings. The van der Waals surface area contributed by atoms with Crippen molar-refractivity contribution < 1.29 is 13.2 Å². The molecule has 2 aliphatic heterocycles. The third-order valence-corrected chi connectivity index (χ3v) is 7.45. The standard InChI is InChI=1S/C20H27N5O3S/c1-2-17-3-5-19(6-4-17)29(26,27)25-9-7-24(8-10-25)20-15-18(16-21-22-20)23-11-13-28-14-12-23/h3-6,15-16H,2,7-14H2,1H3. The van der Waals surface area contributed by atoms with Crippen LogP contribution in [0.15, 0.2) is 41.4 Å². The molecule has 156 valence electrons. The lowest BCUT2D eigenvalue weighted by atomic mass is 10.2. The van der Waals surface area contributed by atoms with E-state index in [9.17, 15) is 8.42 Å². The van der Waals surface area contributed by atoms with Gasteiger partial charge in [-0.3, -0.25) is 0 Å². The van der Waals surface area contributed by atoms with Gasteiger partial charge in [-0.05, 0) is 24.1 Å². The molecular formula is C20H27N5O3S. The van der Waals surface area contributed by atoms with Crippen molar-refractivity contribution in [3.63, 3.8) is 0 Å². The van der Waals surface area contributed by atoms with E-state index in [1.54, 1.807) is 22.6 Å². The SMILES string of the molecule is CCc1ccc(S(=O)(=O)N2CCN(c3cc(N4CCOCC4)cnn3)CC2)cc1. The first kappa shape index (κ1) is 20.1. The zero-order valence-corrected chi connectivity index (χ0v) is 17.5. The maximum Gasteiger partial charge on any atom is 0.243 e. The van der Waals surface area contributed by atoms with E-state index >= 15 is 0 Å². The van der Waals surface area contributed by atoms with Crippen LogP contribution in [0.3, 0.4) is 0 Å². The number of piperazine rings is 1. The third kappa shape index (κ3) is 4.36. The van der Waals surface area contributed by atoms with E-state index in [4.69, 9.17) is 4.74 Å². The molecule has 0 unspecified atom stereocenters. The zero-order chi connectivity index (χ0) is 20.3. The molecule has 29 heavy (non-hydrogen) atoms. The lowest BCUT2D eigenvalue weighted by molar-refractivity contribution is 0.122. The molecule has 0 radical (unpaired) electrons. The lowest BCUT2D eigenvalue weighted by Crippen LogP contribution is -2.49. The topological polar surface area (TPSA) is 78.9 Å². The highest BCUT2D eigenvalue weighted by atomic mass is 32.2. The highest BCUT2D eigenvalue weighted by molar-refractivity contribution is 7.89. The van der Waals surface area contributed by atoms with E-state index in [2.05, 4.69) is 26.9 Å². The molecule has 4 rings (SSSR count). The summed E-state index contributed by atoms with van der Waals surface area (Å²) in [5.74, 6) is 0.790. The number of sulfonamides is 1. The van der Waals surface area contributed by atoms with Crippen molar-refractivity contribution in [2.45, 2.75) is 18.2 Å². The molecule has 0 amide bonds. The molecule has 1 aromatic heterocycles. The monoisotopic (exact) mass is 417 g/mol. The maximum absolute atomic E-state index is 13.0. The summed E-state index contributed by atoms with van der Waals surface area (Å²) in [5, 5.41) is 8.43. The molecule has 0 saturated carbocycles. The summed E-state index contributed by atoms with van der Waals surface area (Å²) in [6.45, 7) is 7.21. The maximum atomic E-state index is 13.0. The second-order valence-corrected chi connectivity index (χ2v) is 9.20. The van der Waals surface area contributed by atoms with Crippen LogP contribution in [0.25, 0.3) is 0 Å². The number of morpholine rings is 1. The van der Waals surface area contributed by atoms with Gasteiger partial charge in [0.1, 0.15) is 0 Å². The van der Waals surface area contributed by atoms with E-state index in [-0.39, 0.29) is 0 Å². The molecule has 2 fully saturated rings. The molecular weight excluding hydrogens is 390 g/mol. The number of hydrogen-bond acceptors (Lipinski definition) is 7. The van der Waals surface area contributed by atoms with Crippen LogP contribution in [-0.4, -0.2) is 75.4 Å². The predicted molar refractivity (Wildman–Crippen MR) is 112 cm³/mol. The number of anilines is 2. The highest BCUT2D eigenvalue weighted by Crippen LogP contribution is 2.23. The van der Waals surface area contributed by atoms with Crippen LogP contribution in [0.5, 0.6) is 0 Å². The second-order valence-electron chi connectivity index (χ2n) is 7.26. The number of rotatable bonds is 5. The van der Waals surface area contributed by atoms with Crippen LogP contribution < -0.4 is 9.80 Å². The van der Waals surface area contributed by atoms with Crippen molar-refractivity contribution >= 4 is 21.5 Å². The molecule has 3 heterocycles. The normalized spacial score (nSPS) is 18.8. The van der Waals surface area contributed by atoms with E-state index < -0.39 is 10.0 Å². The number of ether oxygens (including phenoxy) is 1. The fraction of sp³-hybridized carbons (Fsp3) is 0.500. The first-order chi connectivity index (χ1) is 14.1. The minimum Gasteiger partial charge on any atom is -0.378 e. The van der Waals surface area contributed by atoms with Gasteiger partial charge in [0.15, 0.2) is 5.82 Å². The van der Waals surface area contributed by atoms with Gasteiger partial charge in [0, 0.05) is 45.3 Å². The Kier molecular flexibility index (Phi) is 5.98. The summed E-state index contributed by atoms with van der Waals surface area (Å²) in [4.78, 5) is 4.70. The van der Waals surface area contributed by atoms with Crippen molar-refractivity contribution in [1.82, 2.24) is 14.5 Å². The van der Waals surface area contributed by atoms with Gasteiger partial charge in [0.2, 0.25) is 10.0 Å². The number of aromatic nitrogens is 2. The van der Waals surface area contributed by atoms with Gasteiger partial charge < -0.3 is 14.5 Å². The molecule has 2 aliphatic rings. The molecule has 1 aromatic carbocycles. The van der Waals surface area contributed by atoms with Crippen LogP contribution in [0.2, 0.25) is 0 Å². The van der Waals surface area contributed by atoms with Crippen LogP contribution in [0, 0.1) is 0 Å². The zero-order valence-electron chi connectivity index (χ0n) is 16.7. The lowest BCUT2D eigenvalue weighted by Gasteiger charge is -2.35. The molecule has 0 spiro atoms. The van der Waals surface area contributed by atoms with E-state index in [0.717, 1.165) is 36.6 Å². The van der Waals surface area contributed by atoms with Gasteiger partial charge in [-0.1, -0.05) is 19.1 Å². The van der Waals surface area contributed by atoms with Crippen LogP contribution in [-0.2, 0) is 21.2 Å². The minimum atomic E-state index is -3.47. The van der Waals surface area contributed by atoms with Crippen molar-refractivity contribution in [3.8, 4) is 0 Å². The third-order valence-electron chi connectivity index (χ3n) is 5.54. The molecule has 2 saturated heterocycles. The average molecular weight is 418 g/mol. The summed E-state index contributed by atoms with van der Waals surface area (Å²) in [6, 6.07) is 9.22. The van der Waals surface area contributed by atoms with Gasteiger partial charge in [-0.2, -0.15) is 9.40 Å². The van der Waals surface area contributed by atoms with Gasteiger partial charge in [-0.15, -0.1) is 5.10 Å². The fourth-order valence-electron chi connectivity index (χ4n) is 3.70. The average Bonchev–Trinajstić information content (AvgIpc) is 2.80. The Morgan fingerprint density at radius 1 is 0.966 bits per heavy atom. The Balaban J connectivity index is 1.42. The summed E-state index contributed by atoms with van der Waals surface area (Å²) < 4.78 is 32.9. The number of nitrogens with zero attached hydrogens (tertiary/aromatic N) is 5. The summed E-state index contributed by atoms with van der Waals surface area (Å²) in [7, 11) is -3.47. The van der Waals surface area contributed by atoms with Gasteiger partial charge in [0.25, 0.3) is 0 Å². The second kappa shape index (κ2) is 8.64. The highest BCUT2D eigenvalue weighted by Gasteiger charge is 2.29.